The molecular weight excluding hydrogens is 935 g/mol. The lowest BCUT2D eigenvalue weighted by Crippen LogP contribution is -2.45. The molecule has 0 saturated carbocycles. The molecule has 6 heteroatoms. The summed E-state index contributed by atoms with van der Waals surface area (Å²) in [6, 6.07) is -0.536. The van der Waals surface area contributed by atoms with Gasteiger partial charge < -0.3 is 20.3 Å². The van der Waals surface area contributed by atoms with E-state index in [1.807, 2.05) is 0 Å². The molecule has 0 fully saturated rings. The van der Waals surface area contributed by atoms with Crippen LogP contribution < -0.4 is 5.32 Å². The quantitative estimate of drug-likeness (QED) is 0.0320. The molecule has 2 unspecified atom stereocenters. The highest BCUT2D eigenvalue weighted by Gasteiger charge is 2.20. The van der Waals surface area contributed by atoms with Gasteiger partial charge in [-0.3, -0.25) is 9.59 Å². The summed E-state index contributed by atoms with van der Waals surface area (Å²) in [7, 11) is 0. The van der Waals surface area contributed by atoms with E-state index in [0.717, 1.165) is 44.9 Å². The number of hydrogen-bond donors (Lipinski definition) is 3. The molecule has 6 nitrogen and oxygen atoms in total. The Morgan fingerprint density at radius 1 is 0.355 bits per heavy atom. The number of unbranched alkanes of at least 4 members (excludes halogenated alkanes) is 53. The van der Waals surface area contributed by atoms with Crippen molar-refractivity contribution in [1.82, 2.24) is 5.32 Å². The van der Waals surface area contributed by atoms with Gasteiger partial charge in [-0.1, -0.05) is 347 Å². The maximum atomic E-state index is 12.5. The number of carbonyl (C=O) groups excluding carboxylic acids is 2. The van der Waals surface area contributed by atoms with Gasteiger partial charge in [0.1, 0.15) is 0 Å². The average molecular weight is 1070 g/mol. The zero-order valence-electron chi connectivity index (χ0n) is 51.8. The Labute approximate surface area is 476 Å². The SMILES string of the molecule is CCCCCCCCC/C=C\CCCCCCCC(=O)OCCCCCCCCCCCCCCCCCCCCCCCCCCCCCCCCCCC(=O)NC(CO)C(O)CCCCCCCCCCCCC. The Bertz CT molecular complexity index is 1140. The summed E-state index contributed by atoms with van der Waals surface area (Å²) in [5.74, 6) is -0.0147. The highest BCUT2D eigenvalue weighted by Crippen LogP contribution is 2.19. The summed E-state index contributed by atoms with van der Waals surface area (Å²) in [6.07, 6.45) is 81.3. The van der Waals surface area contributed by atoms with E-state index in [0.29, 0.717) is 25.9 Å². The van der Waals surface area contributed by atoms with Crippen molar-refractivity contribution < 1.29 is 24.5 Å². The van der Waals surface area contributed by atoms with Crippen LogP contribution >= 0.6 is 0 Å². The van der Waals surface area contributed by atoms with E-state index in [-0.39, 0.29) is 18.5 Å². The summed E-state index contributed by atoms with van der Waals surface area (Å²) in [5, 5.41) is 23.2. The van der Waals surface area contributed by atoms with E-state index < -0.39 is 12.1 Å². The third kappa shape index (κ3) is 61.8. The predicted molar refractivity (Wildman–Crippen MR) is 333 cm³/mol. The van der Waals surface area contributed by atoms with Crippen molar-refractivity contribution in [3.63, 3.8) is 0 Å². The van der Waals surface area contributed by atoms with Crippen molar-refractivity contribution in [3.8, 4) is 0 Å². The van der Waals surface area contributed by atoms with Crippen LogP contribution in [0.3, 0.4) is 0 Å². The molecule has 0 aliphatic heterocycles. The summed E-state index contributed by atoms with van der Waals surface area (Å²) < 4.78 is 5.50. The van der Waals surface area contributed by atoms with Crippen LogP contribution in [0.5, 0.6) is 0 Å². The minimum absolute atomic E-state index is 0.0146. The van der Waals surface area contributed by atoms with E-state index >= 15 is 0 Å². The van der Waals surface area contributed by atoms with Crippen LogP contribution in [0, 0.1) is 0 Å². The first-order valence-electron chi connectivity index (χ1n) is 34.9. The van der Waals surface area contributed by atoms with Crippen molar-refractivity contribution in [2.45, 2.75) is 411 Å². The molecule has 452 valence electrons. The zero-order valence-corrected chi connectivity index (χ0v) is 51.8. The van der Waals surface area contributed by atoms with Crippen molar-refractivity contribution in [3.05, 3.63) is 12.2 Å². The first kappa shape index (κ1) is 74.6. The molecule has 2 atom stereocenters. The van der Waals surface area contributed by atoms with Crippen molar-refractivity contribution in [2.24, 2.45) is 0 Å². The van der Waals surface area contributed by atoms with Crippen molar-refractivity contribution >= 4 is 11.9 Å². The third-order valence-electron chi connectivity index (χ3n) is 16.6. The van der Waals surface area contributed by atoms with E-state index in [1.165, 1.54) is 321 Å². The number of ether oxygens (including phenoxy) is 1. The van der Waals surface area contributed by atoms with Gasteiger partial charge in [0.2, 0.25) is 5.91 Å². The number of aliphatic hydroxyl groups excluding tert-OH is 2. The van der Waals surface area contributed by atoms with Crippen molar-refractivity contribution in [2.75, 3.05) is 13.2 Å². The van der Waals surface area contributed by atoms with E-state index in [4.69, 9.17) is 4.74 Å². The van der Waals surface area contributed by atoms with Gasteiger partial charge in [-0.25, -0.2) is 0 Å². The van der Waals surface area contributed by atoms with Crippen LogP contribution in [0.1, 0.15) is 399 Å². The van der Waals surface area contributed by atoms with Gasteiger partial charge in [0.05, 0.1) is 25.4 Å². The van der Waals surface area contributed by atoms with Gasteiger partial charge in [-0.15, -0.1) is 0 Å². The number of esters is 1. The zero-order chi connectivity index (χ0) is 55.0. The number of amides is 1. The fraction of sp³-hybridized carbons (Fsp3) is 0.943. The fourth-order valence-electron chi connectivity index (χ4n) is 11.2. The Morgan fingerprint density at radius 3 is 0.934 bits per heavy atom. The molecule has 0 radical (unpaired) electrons. The number of rotatable bonds is 66. The Balaban J connectivity index is 3.29. The molecule has 0 aromatic heterocycles. The van der Waals surface area contributed by atoms with Gasteiger partial charge in [-0.05, 0) is 51.4 Å². The first-order chi connectivity index (χ1) is 37.5. The van der Waals surface area contributed by atoms with Crippen LogP contribution in [0.15, 0.2) is 12.2 Å². The van der Waals surface area contributed by atoms with Gasteiger partial charge in [-0.2, -0.15) is 0 Å². The Morgan fingerprint density at radius 2 is 0.618 bits per heavy atom. The minimum atomic E-state index is -0.659. The maximum absolute atomic E-state index is 12.5. The first-order valence-corrected chi connectivity index (χ1v) is 34.9. The lowest BCUT2D eigenvalue weighted by Gasteiger charge is -2.22. The van der Waals surface area contributed by atoms with E-state index in [9.17, 15) is 19.8 Å². The summed E-state index contributed by atoms with van der Waals surface area (Å²) in [5.41, 5.74) is 0. The molecule has 76 heavy (non-hydrogen) atoms. The number of hydrogen-bond acceptors (Lipinski definition) is 5. The van der Waals surface area contributed by atoms with Crippen molar-refractivity contribution in [1.29, 1.82) is 0 Å². The highest BCUT2D eigenvalue weighted by molar-refractivity contribution is 5.76. The molecule has 0 aromatic carbocycles. The summed E-state index contributed by atoms with van der Waals surface area (Å²) in [4.78, 5) is 24.5. The van der Waals surface area contributed by atoms with Crippen LogP contribution in [-0.4, -0.2) is 47.4 Å². The van der Waals surface area contributed by atoms with Crippen LogP contribution in [0.25, 0.3) is 0 Å². The van der Waals surface area contributed by atoms with Crippen LogP contribution in [0.2, 0.25) is 0 Å². The summed E-state index contributed by atoms with van der Waals surface area (Å²) >= 11 is 0. The molecule has 1 amide bonds. The Kier molecular flexibility index (Phi) is 64.9. The lowest BCUT2D eigenvalue weighted by atomic mass is 10.0. The topological polar surface area (TPSA) is 95.9 Å². The third-order valence-corrected chi connectivity index (χ3v) is 16.6. The van der Waals surface area contributed by atoms with Crippen LogP contribution in [-0.2, 0) is 14.3 Å². The second kappa shape index (κ2) is 66.1. The second-order valence-corrected chi connectivity index (χ2v) is 24.2. The molecule has 0 saturated heterocycles. The summed E-state index contributed by atoms with van der Waals surface area (Å²) in [6.45, 7) is 4.97. The smallest absolute Gasteiger partial charge is 0.305 e. The molecule has 0 rings (SSSR count). The molecule has 0 aliphatic rings. The van der Waals surface area contributed by atoms with Gasteiger partial charge in [0.15, 0.2) is 0 Å². The van der Waals surface area contributed by atoms with Gasteiger partial charge >= 0.3 is 5.97 Å². The van der Waals surface area contributed by atoms with E-state index in [2.05, 4.69) is 31.3 Å². The molecule has 0 aromatic rings. The normalized spacial score (nSPS) is 12.5. The molecule has 0 bridgehead atoms. The molecule has 0 heterocycles. The maximum Gasteiger partial charge on any atom is 0.305 e. The number of carbonyl (C=O) groups is 2. The molecular formula is C70H137NO5. The fourth-order valence-corrected chi connectivity index (χ4v) is 11.2. The molecule has 0 spiro atoms. The largest absolute Gasteiger partial charge is 0.466 e. The predicted octanol–water partition coefficient (Wildman–Crippen LogP) is 22.4. The highest BCUT2D eigenvalue weighted by atomic mass is 16.5. The van der Waals surface area contributed by atoms with Gasteiger partial charge in [0.25, 0.3) is 0 Å². The number of allylic oxidation sites excluding steroid dienone is 2. The molecule has 0 aliphatic carbocycles. The van der Waals surface area contributed by atoms with Gasteiger partial charge in [0, 0.05) is 12.8 Å². The Hall–Kier alpha value is -1.40. The average Bonchev–Trinajstić information content (AvgIpc) is 3.42. The minimum Gasteiger partial charge on any atom is -0.466 e. The number of nitrogens with one attached hydrogen (secondary N) is 1. The lowest BCUT2D eigenvalue weighted by molar-refractivity contribution is -0.143. The standard InChI is InChI=1S/C70H137NO5/c1-3-5-7-9-11-13-15-16-17-37-40-44-48-52-56-60-64-70(75)76-65-61-57-53-49-45-41-38-35-33-31-29-27-25-23-21-19-18-20-22-24-26-28-30-32-34-36-39-43-47-51-55-59-63-69(74)71-67(66-72)68(73)62-58-54-50-46-42-14-12-10-8-6-4-2/h17,37,67-68,72-73H,3-16,18-36,38-66H2,1-2H3,(H,71,74)/b37-17-. The number of aliphatic hydroxyl groups is 2. The monoisotopic (exact) mass is 1070 g/mol. The second-order valence-electron chi connectivity index (χ2n) is 24.2. The van der Waals surface area contributed by atoms with Crippen LogP contribution in [0.4, 0.5) is 0 Å². The molecule has 3 N–H and O–H groups in total. The van der Waals surface area contributed by atoms with E-state index in [1.54, 1.807) is 0 Å².